The predicted molar refractivity (Wildman–Crippen MR) is 64.4 cm³/mol. The van der Waals surface area contributed by atoms with Gasteiger partial charge < -0.3 is 14.8 Å². The Morgan fingerprint density at radius 3 is 2.06 bits per heavy atom. The van der Waals surface area contributed by atoms with E-state index in [1.54, 1.807) is 0 Å². The molecule has 0 aromatic carbocycles. The standard InChI is InChI=1S/C11H20N4O2/c1-5-8(12-6-2)7-9-13-10(16-3)15-11(14-9)17-4/h8,12H,5-7H2,1-4H3. The van der Waals surface area contributed by atoms with Gasteiger partial charge in [-0.15, -0.1) is 4.98 Å². The Kier molecular flexibility index (Phi) is 5.62. The zero-order chi connectivity index (χ0) is 12.7. The second-order valence-corrected chi connectivity index (χ2v) is 3.59. The van der Waals surface area contributed by atoms with Crippen molar-refractivity contribution in [2.75, 3.05) is 20.8 Å². The Labute approximate surface area is 102 Å². The molecule has 0 aliphatic carbocycles. The summed E-state index contributed by atoms with van der Waals surface area (Å²) in [5.41, 5.74) is 0. The highest BCUT2D eigenvalue weighted by Gasteiger charge is 2.12. The van der Waals surface area contributed by atoms with Crippen LogP contribution < -0.4 is 14.8 Å². The molecule has 0 radical (unpaired) electrons. The number of ether oxygens (including phenoxy) is 2. The van der Waals surface area contributed by atoms with Crippen LogP contribution in [0.4, 0.5) is 0 Å². The molecule has 0 aliphatic rings. The number of aromatic nitrogens is 3. The van der Waals surface area contributed by atoms with E-state index in [0.717, 1.165) is 19.4 Å². The SMILES string of the molecule is CCNC(CC)Cc1nc(OC)nc(OC)n1. The third kappa shape index (κ3) is 4.14. The molecule has 1 N–H and O–H groups in total. The van der Waals surface area contributed by atoms with Crippen molar-refractivity contribution >= 4 is 0 Å². The summed E-state index contributed by atoms with van der Waals surface area (Å²) in [6.45, 7) is 5.14. The van der Waals surface area contributed by atoms with Crippen LogP contribution in [-0.4, -0.2) is 41.8 Å². The molecule has 6 nitrogen and oxygen atoms in total. The quantitative estimate of drug-likeness (QED) is 0.761. The predicted octanol–water partition coefficient (Wildman–Crippen LogP) is 0.819. The van der Waals surface area contributed by atoms with Gasteiger partial charge >= 0.3 is 12.0 Å². The Balaban J connectivity index is 2.81. The smallest absolute Gasteiger partial charge is 0.322 e. The molecule has 1 rings (SSSR count). The number of methoxy groups -OCH3 is 2. The van der Waals surface area contributed by atoms with Crippen molar-refractivity contribution < 1.29 is 9.47 Å². The van der Waals surface area contributed by atoms with E-state index in [4.69, 9.17) is 9.47 Å². The van der Waals surface area contributed by atoms with Gasteiger partial charge in [-0.2, -0.15) is 9.97 Å². The molecule has 0 aliphatic heterocycles. The lowest BCUT2D eigenvalue weighted by Crippen LogP contribution is -2.31. The highest BCUT2D eigenvalue weighted by Crippen LogP contribution is 2.10. The second kappa shape index (κ2) is 7.01. The molecule has 1 heterocycles. The number of hydrogen-bond acceptors (Lipinski definition) is 6. The first kappa shape index (κ1) is 13.6. The molecular weight excluding hydrogens is 220 g/mol. The zero-order valence-corrected chi connectivity index (χ0v) is 10.9. The fourth-order valence-electron chi connectivity index (χ4n) is 1.52. The second-order valence-electron chi connectivity index (χ2n) is 3.59. The van der Waals surface area contributed by atoms with E-state index in [1.807, 2.05) is 0 Å². The van der Waals surface area contributed by atoms with Crippen molar-refractivity contribution in [2.45, 2.75) is 32.7 Å². The van der Waals surface area contributed by atoms with Gasteiger partial charge in [-0.1, -0.05) is 13.8 Å². The van der Waals surface area contributed by atoms with Crippen LogP contribution in [0.5, 0.6) is 12.0 Å². The van der Waals surface area contributed by atoms with E-state index in [-0.39, 0.29) is 0 Å². The molecule has 1 atom stereocenters. The van der Waals surface area contributed by atoms with Crippen LogP contribution in [0.25, 0.3) is 0 Å². The van der Waals surface area contributed by atoms with E-state index in [2.05, 4.69) is 34.1 Å². The first-order valence-corrected chi connectivity index (χ1v) is 5.79. The van der Waals surface area contributed by atoms with Crippen LogP contribution in [-0.2, 0) is 6.42 Å². The van der Waals surface area contributed by atoms with Gasteiger partial charge in [-0.05, 0) is 13.0 Å². The lowest BCUT2D eigenvalue weighted by atomic mass is 10.1. The van der Waals surface area contributed by atoms with Gasteiger partial charge in [0.1, 0.15) is 5.82 Å². The summed E-state index contributed by atoms with van der Waals surface area (Å²) in [4.78, 5) is 12.4. The molecule has 0 saturated heterocycles. The molecule has 1 aromatic heterocycles. The van der Waals surface area contributed by atoms with Gasteiger partial charge in [0.05, 0.1) is 14.2 Å². The maximum absolute atomic E-state index is 5.01. The van der Waals surface area contributed by atoms with Crippen molar-refractivity contribution in [3.63, 3.8) is 0 Å². The van der Waals surface area contributed by atoms with Crippen LogP contribution in [0.1, 0.15) is 26.1 Å². The van der Waals surface area contributed by atoms with Gasteiger partial charge in [-0.25, -0.2) is 0 Å². The molecule has 0 saturated carbocycles. The topological polar surface area (TPSA) is 69.2 Å². The lowest BCUT2D eigenvalue weighted by Gasteiger charge is -2.14. The summed E-state index contributed by atoms with van der Waals surface area (Å²) >= 11 is 0. The van der Waals surface area contributed by atoms with Crippen molar-refractivity contribution in [1.29, 1.82) is 0 Å². The highest BCUT2D eigenvalue weighted by atomic mass is 16.5. The maximum atomic E-state index is 5.01. The number of nitrogens with zero attached hydrogens (tertiary/aromatic N) is 3. The zero-order valence-electron chi connectivity index (χ0n) is 10.9. The lowest BCUT2D eigenvalue weighted by molar-refractivity contribution is 0.334. The maximum Gasteiger partial charge on any atom is 0.322 e. The number of hydrogen-bond donors (Lipinski definition) is 1. The van der Waals surface area contributed by atoms with Gasteiger partial charge in [0.15, 0.2) is 0 Å². The molecule has 17 heavy (non-hydrogen) atoms. The van der Waals surface area contributed by atoms with E-state index < -0.39 is 0 Å². The fourth-order valence-corrected chi connectivity index (χ4v) is 1.52. The Morgan fingerprint density at radius 1 is 1.06 bits per heavy atom. The van der Waals surface area contributed by atoms with Crippen LogP contribution in [0, 0.1) is 0 Å². The van der Waals surface area contributed by atoms with Gasteiger partial charge in [0, 0.05) is 12.5 Å². The van der Waals surface area contributed by atoms with E-state index in [0.29, 0.717) is 23.9 Å². The first-order valence-electron chi connectivity index (χ1n) is 5.79. The molecular formula is C11H20N4O2. The average Bonchev–Trinajstić information content (AvgIpc) is 2.37. The molecule has 0 amide bonds. The molecule has 6 heteroatoms. The van der Waals surface area contributed by atoms with Crippen LogP contribution in [0.2, 0.25) is 0 Å². The minimum Gasteiger partial charge on any atom is -0.467 e. The largest absolute Gasteiger partial charge is 0.467 e. The van der Waals surface area contributed by atoms with Gasteiger partial charge in [0.25, 0.3) is 0 Å². The van der Waals surface area contributed by atoms with Gasteiger partial charge in [0.2, 0.25) is 0 Å². The summed E-state index contributed by atoms with van der Waals surface area (Å²) in [6.07, 6.45) is 1.75. The summed E-state index contributed by atoms with van der Waals surface area (Å²) < 4.78 is 10.0. The molecule has 0 spiro atoms. The molecule has 0 fully saturated rings. The van der Waals surface area contributed by atoms with Crippen LogP contribution in [0.3, 0.4) is 0 Å². The highest BCUT2D eigenvalue weighted by molar-refractivity contribution is 5.06. The summed E-state index contributed by atoms with van der Waals surface area (Å²) in [7, 11) is 3.06. The van der Waals surface area contributed by atoms with Crippen LogP contribution in [0.15, 0.2) is 0 Å². The van der Waals surface area contributed by atoms with Crippen molar-refractivity contribution in [1.82, 2.24) is 20.3 Å². The summed E-state index contributed by atoms with van der Waals surface area (Å²) in [6, 6.07) is 0.938. The monoisotopic (exact) mass is 240 g/mol. The molecule has 1 aromatic rings. The minimum atomic E-state index is 0.290. The number of likely N-dealkylation sites (N-methyl/N-ethyl adjacent to an activating group) is 1. The van der Waals surface area contributed by atoms with Crippen molar-refractivity contribution in [3.05, 3.63) is 5.82 Å². The Hall–Kier alpha value is -1.43. The first-order chi connectivity index (χ1) is 8.23. The van der Waals surface area contributed by atoms with Crippen molar-refractivity contribution in [2.24, 2.45) is 0 Å². The van der Waals surface area contributed by atoms with Crippen molar-refractivity contribution in [3.8, 4) is 12.0 Å². The minimum absolute atomic E-state index is 0.290. The third-order valence-electron chi connectivity index (χ3n) is 2.42. The Bertz CT molecular complexity index is 324. The molecule has 0 bridgehead atoms. The molecule has 1 unspecified atom stereocenters. The average molecular weight is 240 g/mol. The number of rotatable bonds is 7. The summed E-state index contributed by atoms with van der Waals surface area (Å²) in [5.74, 6) is 0.682. The van der Waals surface area contributed by atoms with E-state index >= 15 is 0 Å². The number of nitrogens with one attached hydrogen (secondary N) is 1. The van der Waals surface area contributed by atoms with Crippen LogP contribution >= 0.6 is 0 Å². The van der Waals surface area contributed by atoms with E-state index in [1.165, 1.54) is 14.2 Å². The Morgan fingerprint density at radius 2 is 1.65 bits per heavy atom. The van der Waals surface area contributed by atoms with E-state index in [9.17, 15) is 0 Å². The fraction of sp³-hybridized carbons (Fsp3) is 0.727. The van der Waals surface area contributed by atoms with Gasteiger partial charge in [-0.3, -0.25) is 0 Å². The summed E-state index contributed by atoms with van der Waals surface area (Å²) in [5, 5.41) is 3.37. The third-order valence-corrected chi connectivity index (χ3v) is 2.42. The molecule has 96 valence electrons. The normalized spacial score (nSPS) is 12.2.